The van der Waals surface area contributed by atoms with Crippen molar-refractivity contribution in [1.29, 1.82) is 0 Å². The Morgan fingerprint density at radius 3 is 3.00 bits per heavy atom. The van der Waals surface area contributed by atoms with Crippen LogP contribution in [-0.2, 0) is 13.1 Å². The molecule has 6 heteroatoms. The molecule has 0 saturated heterocycles. The summed E-state index contributed by atoms with van der Waals surface area (Å²) in [5, 5.41) is 12.3. The first-order valence-electron chi connectivity index (χ1n) is 6.91. The molecule has 3 rings (SSSR count). The van der Waals surface area contributed by atoms with Crippen LogP contribution in [0.4, 0.5) is 0 Å². The molecular weight excluding hydrogens is 330 g/mol. The highest BCUT2D eigenvalue weighted by Gasteiger charge is 2.04. The fraction of sp³-hybridized carbons (Fsp3) is 0.267. The van der Waals surface area contributed by atoms with Crippen molar-refractivity contribution >= 4 is 26.8 Å². The highest BCUT2D eigenvalue weighted by molar-refractivity contribution is 9.10. The van der Waals surface area contributed by atoms with E-state index in [1.807, 2.05) is 23.1 Å². The summed E-state index contributed by atoms with van der Waals surface area (Å²) in [5.74, 6) is 0. The van der Waals surface area contributed by atoms with E-state index in [9.17, 15) is 0 Å². The van der Waals surface area contributed by atoms with Gasteiger partial charge in [0, 0.05) is 35.3 Å². The van der Waals surface area contributed by atoms with Crippen molar-refractivity contribution in [3.63, 3.8) is 0 Å². The summed E-state index contributed by atoms with van der Waals surface area (Å²) in [4.78, 5) is 4.49. The van der Waals surface area contributed by atoms with Crippen molar-refractivity contribution in [3.05, 3.63) is 52.9 Å². The summed E-state index contributed by atoms with van der Waals surface area (Å²) in [6, 6.07) is 8.24. The van der Waals surface area contributed by atoms with E-state index in [4.69, 9.17) is 0 Å². The number of aromatic nitrogens is 4. The predicted molar refractivity (Wildman–Crippen MR) is 85.8 cm³/mol. The number of hydrogen-bond donors (Lipinski definition) is 1. The van der Waals surface area contributed by atoms with Crippen LogP contribution in [0.25, 0.3) is 10.9 Å². The Hall–Kier alpha value is -1.79. The van der Waals surface area contributed by atoms with E-state index in [0.717, 1.165) is 41.4 Å². The van der Waals surface area contributed by atoms with Crippen LogP contribution in [0, 0.1) is 0 Å². The maximum absolute atomic E-state index is 4.49. The average Bonchev–Trinajstić information content (AvgIpc) is 3.03. The van der Waals surface area contributed by atoms with Gasteiger partial charge in [-0.15, -0.1) is 5.10 Å². The Morgan fingerprint density at radius 2 is 2.14 bits per heavy atom. The van der Waals surface area contributed by atoms with E-state index in [1.165, 1.54) is 5.56 Å². The first-order valence-corrected chi connectivity index (χ1v) is 7.71. The summed E-state index contributed by atoms with van der Waals surface area (Å²) >= 11 is 3.57. The van der Waals surface area contributed by atoms with Crippen LogP contribution in [0.15, 0.2) is 47.3 Å². The quantitative estimate of drug-likeness (QED) is 0.698. The molecule has 0 fully saturated rings. The lowest BCUT2D eigenvalue weighted by Crippen LogP contribution is -2.17. The van der Waals surface area contributed by atoms with Crippen LogP contribution < -0.4 is 5.32 Å². The molecule has 5 nitrogen and oxygen atoms in total. The molecule has 0 unspecified atom stereocenters. The van der Waals surface area contributed by atoms with Gasteiger partial charge in [0.15, 0.2) is 0 Å². The number of nitrogens with zero attached hydrogens (tertiary/aromatic N) is 4. The van der Waals surface area contributed by atoms with Gasteiger partial charge in [0.1, 0.15) is 0 Å². The third-order valence-electron chi connectivity index (χ3n) is 3.33. The molecule has 0 aliphatic heterocycles. The number of hydrogen-bond acceptors (Lipinski definition) is 4. The molecule has 0 amide bonds. The smallest absolute Gasteiger partial charge is 0.0758 e. The third-order valence-corrected chi connectivity index (χ3v) is 4.02. The SMILES string of the molecule is Brc1ccc(CNCCCn2ccnn2)c2ncccc12. The van der Waals surface area contributed by atoms with E-state index in [0.29, 0.717) is 0 Å². The molecule has 0 bridgehead atoms. The molecule has 0 radical (unpaired) electrons. The standard InChI is InChI=1S/C15H16BrN5/c16-14-5-4-12(15-13(14)3-1-7-18-15)11-17-6-2-9-21-10-8-19-20-21/h1,3-5,7-8,10,17H,2,6,9,11H2. The molecule has 2 aromatic heterocycles. The monoisotopic (exact) mass is 345 g/mol. The number of nitrogens with one attached hydrogen (secondary N) is 1. The maximum atomic E-state index is 4.49. The summed E-state index contributed by atoms with van der Waals surface area (Å²) in [5.41, 5.74) is 2.27. The van der Waals surface area contributed by atoms with Gasteiger partial charge in [0.05, 0.1) is 11.7 Å². The Morgan fingerprint density at radius 1 is 1.19 bits per heavy atom. The Labute approximate surface area is 131 Å². The number of aryl methyl sites for hydroxylation is 1. The van der Waals surface area contributed by atoms with Crippen LogP contribution in [0.2, 0.25) is 0 Å². The van der Waals surface area contributed by atoms with E-state index in [1.54, 1.807) is 6.20 Å². The molecule has 108 valence electrons. The molecule has 1 aromatic carbocycles. The van der Waals surface area contributed by atoms with Crippen molar-refractivity contribution in [2.45, 2.75) is 19.5 Å². The van der Waals surface area contributed by atoms with E-state index in [2.05, 4.69) is 54.7 Å². The van der Waals surface area contributed by atoms with Gasteiger partial charge in [-0.3, -0.25) is 9.67 Å². The minimum Gasteiger partial charge on any atom is -0.313 e. The van der Waals surface area contributed by atoms with Gasteiger partial charge >= 0.3 is 0 Å². The number of pyridine rings is 1. The van der Waals surface area contributed by atoms with Gasteiger partial charge in [-0.05, 0) is 30.7 Å². The molecule has 0 aliphatic rings. The molecule has 0 aliphatic carbocycles. The maximum Gasteiger partial charge on any atom is 0.0758 e. The predicted octanol–water partition coefficient (Wildman–Crippen LogP) is 2.77. The second-order valence-corrected chi connectivity index (χ2v) is 5.66. The van der Waals surface area contributed by atoms with Gasteiger partial charge in [-0.1, -0.05) is 33.3 Å². The summed E-state index contributed by atoms with van der Waals surface area (Å²) in [6.07, 6.45) is 6.44. The zero-order valence-electron chi connectivity index (χ0n) is 11.5. The van der Waals surface area contributed by atoms with Gasteiger partial charge in [-0.2, -0.15) is 0 Å². The molecule has 3 aromatic rings. The average molecular weight is 346 g/mol. The van der Waals surface area contributed by atoms with Crippen LogP contribution >= 0.6 is 15.9 Å². The van der Waals surface area contributed by atoms with Gasteiger partial charge in [0.25, 0.3) is 0 Å². The highest BCUT2D eigenvalue weighted by Crippen LogP contribution is 2.24. The Kier molecular flexibility index (Phi) is 4.57. The van der Waals surface area contributed by atoms with Crippen molar-refractivity contribution in [2.24, 2.45) is 0 Å². The number of halogens is 1. The van der Waals surface area contributed by atoms with Crippen LogP contribution in [0.5, 0.6) is 0 Å². The van der Waals surface area contributed by atoms with Crippen molar-refractivity contribution < 1.29 is 0 Å². The van der Waals surface area contributed by atoms with Crippen molar-refractivity contribution in [1.82, 2.24) is 25.3 Å². The number of fused-ring (bicyclic) bond motifs is 1. The normalized spacial score (nSPS) is 11.1. The van der Waals surface area contributed by atoms with Crippen LogP contribution in [0.1, 0.15) is 12.0 Å². The molecule has 0 spiro atoms. The molecular formula is C15H16BrN5. The lowest BCUT2D eigenvalue weighted by molar-refractivity contribution is 0.530. The Balaban J connectivity index is 1.57. The lowest BCUT2D eigenvalue weighted by atomic mass is 10.1. The minimum absolute atomic E-state index is 0.818. The van der Waals surface area contributed by atoms with E-state index in [-0.39, 0.29) is 0 Å². The molecule has 1 N–H and O–H groups in total. The number of rotatable bonds is 6. The lowest BCUT2D eigenvalue weighted by Gasteiger charge is -2.09. The van der Waals surface area contributed by atoms with E-state index >= 15 is 0 Å². The van der Waals surface area contributed by atoms with Crippen LogP contribution in [-0.4, -0.2) is 26.5 Å². The van der Waals surface area contributed by atoms with Gasteiger partial charge in [-0.25, -0.2) is 0 Å². The second kappa shape index (κ2) is 6.78. The van der Waals surface area contributed by atoms with Gasteiger partial charge in [0.2, 0.25) is 0 Å². The number of benzene rings is 1. The first kappa shape index (κ1) is 14.2. The second-order valence-electron chi connectivity index (χ2n) is 4.80. The fourth-order valence-corrected chi connectivity index (χ4v) is 2.73. The van der Waals surface area contributed by atoms with Crippen molar-refractivity contribution in [2.75, 3.05) is 6.54 Å². The minimum atomic E-state index is 0.818. The third kappa shape index (κ3) is 3.46. The largest absolute Gasteiger partial charge is 0.313 e. The molecule has 0 saturated carbocycles. The zero-order valence-corrected chi connectivity index (χ0v) is 13.1. The Bertz CT molecular complexity index is 711. The summed E-state index contributed by atoms with van der Waals surface area (Å²) in [6.45, 7) is 2.63. The highest BCUT2D eigenvalue weighted by atomic mass is 79.9. The molecule has 2 heterocycles. The zero-order chi connectivity index (χ0) is 14.5. The van der Waals surface area contributed by atoms with Crippen LogP contribution in [0.3, 0.4) is 0 Å². The molecule has 21 heavy (non-hydrogen) atoms. The summed E-state index contributed by atoms with van der Waals surface area (Å²) in [7, 11) is 0. The first-order chi connectivity index (χ1) is 10.3. The van der Waals surface area contributed by atoms with Crippen molar-refractivity contribution in [3.8, 4) is 0 Å². The topological polar surface area (TPSA) is 55.6 Å². The molecule has 0 atom stereocenters. The summed E-state index contributed by atoms with van der Waals surface area (Å²) < 4.78 is 2.93. The van der Waals surface area contributed by atoms with Gasteiger partial charge < -0.3 is 5.32 Å². The fourth-order valence-electron chi connectivity index (χ4n) is 2.28. The van der Waals surface area contributed by atoms with E-state index < -0.39 is 0 Å².